The molecule has 0 N–H and O–H groups in total. The molecule has 0 bridgehead atoms. The number of carbonyl (C=O) groups excluding carboxylic acids is 1. The van der Waals surface area contributed by atoms with Gasteiger partial charge < -0.3 is 4.90 Å². The Labute approximate surface area is 134 Å². The van der Waals surface area contributed by atoms with Crippen molar-refractivity contribution in [2.45, 2.75) is 31.2 Å². The fourth-order valence-electron chi connectivity index (χ4n) is 3.58. The Hall–Kier alpha value is -2.24. The van der Waals surface area contributed by atoms with Crippen LogP contribution in [0.3, 0.4) is 0 Å². The third-order valence-corrected chi connectivity index (χ3v) is 4.90. The summed E-state index contributed by atoms with van der Waals surface area (Å²) in [6.45, 7) is 1.49. The Morgan fingerprint density at radius 1 is 1.35 bits per heavy atom. The van der Waals surface area contributed by atoms with Gasteiger partial charge in [-0.3, -0.25) is 4.79 Å². The van der Waals surface area contributed by atoms with Gasteiger partial charge in [0.25, 0.3) is 0 Å². The summed E-state index contributed by atoms with van der Waals surface area (Å²) in [6, 6.07) is 6.82. The van der Waals surface area contributed by atoms with Crippen LogP contribution in [-0.2, 0) is 4.79 Å². The lowest BCUT2D eigenvalue weighted by Crippen LogP contribution is -2.41. The summed E-state index contributed by atoms with van der Waals surface area (Å²) >= 11 is 0. The zero-order valence-electron chi connectivity index (χ0n) is 12.8. The number of benzene rings is 1. The van der Waals surface area contributed by atoms with Crippen molar-refractivity contribution in [2.75, 3.05) is 13.1 Å². The van der Waals surface area contributed by atoms with Crippen LogP contribution >= 0.6 is 0 Å². The van der Waals surface area contributed by atoms with Crippen LogP contribution in [0.15, 0.2) is 36.9 Å². The van der Waals surface area contributed by atoms with E-state index in [4.69, 9.17) is 0 Å². The fourth-order valence-corrected chi connectivity index (χ4v) is 3.58. The minimum atomic E-state index is -0.232. The fraction of sp³-hybridized carbons (Fsp3) is 0.471. The summed E-state index contributed by atoms with van der Waals surface area (Å²) in [5, 5.41) is 4.19. The second-order valence-electron chi connectivity index (χ2n) is 6.46. The summed E-state index contributed by atoms with van der Waals surface area (Å²) in [4.78, 5) is 18.7. The van der Waals surface area contributed by atoms with Crippen LogP contribution in [0.5, 0.6) is 0 Å². The molecule has 1 saturated carbocycles. The normalized spacial score (nSPS) is 27.0. The average Bonchev–Trinajstić information content (AvgIpc) is 3.19. The number of amides is 1. The van der Waals surface area contributed by atoms with Crippen LogP contribution in [0.25, 0.3) is 0 Å². The molecule has 6 heteroatoms. The number of halogens is 1. The third-order valence-electron chi connectivity index (χ3n) is 4.90. The van der Waals surface area contributed by atoms with Crippen molar-refractivity contribution in [3.05, 3.63) is 48.3 Å². The molecule has 0 radical (unpaired) electrons. The van der Waals surface area contributed by atoms with Crippen molar-refractivity contribution in [1.29, 1.82) is 0 Å². The van der Waals surface area contributed by atoms with Crippen molar-refractivity contribution >= 4 is 5.91 Å². The van der Waals surface area contributed by atoms with E-state index < -0.39 is 0 Å². The predicted molar refractivity (Wildman–Crippen MR) is 82.1 cm³/mol. The Kier molecular flexibility index (Phi) is 3.59. The van der Waals surface area contributed by atoms with Gasteiger partial charge in [-0.1, -0.05) is 12.1 Å². The number of rotatable bonds is 3. The minimum absolute atomic E-state index is 0.00583. The molecule has 2 aliphatic rings. The van der Waals surface area contributed by atoms with E-state index in [1.165, 1.54) is 12.4 Å². The van der Waals surface area contributed by atoms with E-state index in [2.05, 4.69) is 10.1 Å². The van der Waals surface area contributed by atoms with Crippen LogP contribution in [-0.4, -0.2) is 38.7 Å². The van der Waals surface area contributed by atoms with Crippen LogP contribution in [0, 0.1) is 11.7 Å². The smallest absolute Gasteiger partial charge is 0.226 e. The van der Waals surface area contributed by atoms with Crippen LogP contribution < -0.4 is 0 Å². The van der Waals surface area contributed by atoms with E-state index in [0.29, 0.717) is 6.54 Å². The third kappa shape index (κ3) is 2.85. The van der Waals surface area contributed by atoms with Gasteiger partial charge >= 0.3 is 0 Å². The SMILES string of the molecule is O=C([C@@H]1C[C@@H]1c1cccc(F)c1)N1CCC[C@@H](n2cncn2)C1. The molecule has 1 aliphatic heterocycles. The van der Waals surface area contributed by atoms with E-state index in [9.17, 15) is 9.18 Å². The second kappa shape index (κ2) is 5.76. The summed E-state index contributed by atoms with van der Waals surface area (Å²) in [5.41, 5.74) is 0.938. The van der Waals surface area contributed by atoms with Gasteiger partial charge in [0, 0.05) is 19.0 Å². The summed E-state index contributed by atoms with van der Waals surface area (Å²) < 4.78 is 15.2. The molecule has 2 heterocycles. The van der Waals surface area contributed by atoms with E-state index in [1.54, 1.807) is 18.5 Å². The largest absolute Gasteiger partial charge is 0.340 e. The van der Waals surface area contributed by atoms with Gasteiger partial charge in [-0.05, 0) is 42.9 Å². The lowest BCUT2D eigenvalue weighted by molar-refractivity contribution is -0.134. The highest BCUT2D eigenvalue weighted by Gasteiger charge is 2.46. The maximum atomic E-state index is 13.3. The van der Waals surface area contributed by atoms with E-state index in [-0.39, 0.29) is 29.6 Å². The molecule has 2 fully saturated rings. The molecule has 5 nitrogen and oxygen atoms in total. The molecule has 1 aromatic carbocycles. The highest BCUT2D eigenvalue weighted by atomic mass is 19.1. The van der Waals surface area contributed by atoms with Crippen molar-refractivity contribution < 1.29 is 9.18 Å². The number of aromatic nitrogens is 3. The molecule has 0 unspecified atom stereocenters. The average molecular weight is 314 g/mol. The minimum Gasteiger partial charge on any atom is -0.340 e. The first-order valence-electron chi connectivity index (χ1n) is 8.11. The van der Waals surface area contributed by atoms with Gasteiger partial charge in [-0.15, -0.1) is 0 Å². The van der Waals surface area contributed by atoms with Gasteiger partial charge in [0.2, 0.25) is 5.91 Å². The van der Waals surface area contributed by atoms with Gasteiger partial charge in [0.15, 0.2) is 0 Å². The van der Waals surface area contributed by atoms with Crippen molar-refractivity contribution in [3.63, 3.8) is 0 Å². The second-order valence-corrected chi connectivity index (χ2v) is 6.46. The molecular formula is C17H19FN4O. The zero-order chi connectivity index (χ0) is 15.8. The molecule has 0 spiro atoms. The molecule has 1 aliphatic carbocycles. The lowest BCUT2D eigenvalue weighted by Gasteiger charge is -2.32. The molecular weight excluding hydrogens is 295 g/mol. The van der Waals surface area contributed by atoms with Crippen LogP contribution in [0.4, 0.5) is 4.39 Å². The van der Waals surface area contributed by atoms with E-state index in [0.717, 1.165) is 31.4 Å². The first kappa shape index (κ1) is 14.4. The molecule has 23 heavy (non-hydrogen) atoms. The molecule has 120 valence electrons. The van der Waals surface area contributed by atoms with Gasteiger partial charge in [-0.2, -0.15) is 5.10 Å². The Morgan fingerprint density at radius 3 is 3.04 bits per heavy atom. The maximum Gasteiger partial charge on any atom is 0.226 e. The van der Waals surface area contributed by atoms with Crippen LogP contribution in [0.1, 0.15) is 36.8 Å². The number of nitrogens with zero attached hydrogens (tertiary/aromatic N) is 4. The Balaban J connectivity index is 1.42. The Bertz CT molecular complexity index is 702. The highest BCUT2D eigenvalue weighted by molar-refractivity contribution is 5.83. The summed E-state index contributed by atoms with van der Waals surface area (Å²) in [6.07, 6.45) is 6.07. The number of likely N-dealkylation sites (tertiary alicyclic amines) is 1. The number of hydrogen-bond donors (Lipinski definition) is 0. The van der Waals surface area contributed by atoms with Crippen molar-refractivity contribution in [1.82, 2.24) is 19.7 Å². The Morgan fingerprint density at radius 2 is 2.26 bits per heavy atom. The van der Waals surface area contributed by atoms with Gasteiger partial charge in [0.05, 0.1) is 6.04 Å². The standard InChI is InChI=1S/C17H19FN4O/c18-13-4-1-3-12(7-13)15-8-16(15)17(23)21-6-2-5-14(9-21)22-11-19-10-20-22/h1,3-4,7,10-11,14-16H,2,5-6,8-9H2/t14-,15-,16-/m1/s1. The quantitative estimate of drug-likeness (QED) is 0.874. The van der Waals surface area contributed by atoms with Crippen molar-refractivity contribution in [2.24, 2.45) is 5.92 Å². The van der Waals surface area contributed by atoms with Crippen molar-refractivity contribution in [3.8, 4) is 0 Å². The molecule has 1 saturated heterocycles. The summed E-state index contributed by atoms with van der Waals surface area (Å²) in [7, 11) is 0. The molecule has 4 rings (SSSR count). The first-order valence-corrected chi connectivity index (χ1v) is 8.11. The van der Waals surface area contributed by atoms with Gasteiger partial charge in [-0.25, -0.2) is 14.1 Å². The number of hydrogen-bond acceptors (Lipinski definition) is 3. The number of piperidine rings is 1. The summed E-state index contributed by atoms with van der Waals surface area (Å²) in [5.74, 6) is 0.144. The topological polar surface area (TPSA) is 51.0 Å². The van der Waals surface area contributed by atoms with E-state index >= 15 is 0 Å². The molecule has 1 aromatic heterocycles. The number of carbonyl (C=O) groups is 1. The highest BCUT2D eigenvalue weighted by Crippen LogP contribution is 2.48. The first-order chi connectivity index (χ1) is 11.2. The van der Waals surface area contributed by atoms with Gasteiger partial charge in [0.1, 0.15) is 18.5 Å². The lowest BCUT2D eigenvalue weighted by atomic mass is 10.0. The van der Waals surface area contributed by atoms with Crippen LogP contribution in [0.2, 0.25) is 0 Å². The predicted octanol–water partition coefficient (Wildman–Crippen LogP) is 2.38. The maximum absolute atomic E-state index is 13.3. The monoisotopic (exact) mass is 314 g/mol. The molecule has 2 aromatic rings. The zero-order valence-corrected chi connectivity index (χ0v) is 12.8. The molecule has 3 atom stereocenters. The molecule has 1 amide bonds. The van der Waals surface area contributed by atoms with E-state index in [1.807, 2.05) is 15.6 Å².